The molecule has 0 bridgehead atoms. The van der Waals surface area contributed by atoms with Crippen LogP contribution in [0.4, 0.5) is 5.82 Å². The molecule has 3 heterocycles. The zero-order valence-corrected chi connectivity index (χ0v) is 14.2. The maximum absolute atomic E-state index is 12.1. The molecule has 2 aliphatic heterocycles. The highest BCUT2D eigenvalue weighted by atomic mass is 16.2. The molecule has 0 spiro atoms. The number of likely N-dealkylation sites (N-methyl/N-ethyl adjacent to an activating group) is 1. The van der Waals surface area contributed by atoms with E-state index in [2.05, 4.69) is 22.9 Å². The highest BCUT2D eigenvalue weighted by Crippen LogP contribution is 2.33. The number of piperidine rings is 1. The fraction of sp³-hybridized carbons (Fsp3) is 0.588. The van der Waals surface area contributed by atoms with Crippen molar-refractivity contribution in [2.75, 3.05) is 31.6 Å². The predicted molar refractivity (Wildman–Crippen MR) is 89.9 cm³/mol. The highest BCUT2D eigenvalue weighted by molar-refractivity contribution is 5.84. The van der Waals surface area contributed by atoms with Gasteiger partial charge in [0.15, 0.2) is 0 Å². The molecule has 2 aliphatic rings. The zero-order valence-electron chi connectivity index (χ0n) is 14.2. The van der Waals surface area contributed by atoms with Crippen LogP contribution in [0.5, 0.6) is 0 Å². The summed E-state index contributed by atoms with van der Waals surface area (Å²) in [5.74, 6) is 0.706. The number of amides is 2. The first kappa shape index (κ1) is 16.7. The third-order valence-corrected chi connectivity index (χ3v) is 4.97. The minimum absolute atomic E-state index is 0.0740. The first-order valence-electron chi connectivity index (χ1n) is 8.35. The normalized spacial score (nSPS) is 28.9. The van der Waals surface area contributed by atoms with E-state index >= 15 is 0 Å². The molecule has 3 unspecified atom stereocenters. The topological polar surface area (TPSA) is 82.8 Å². The van der Waals surface area contributed by atoms with Gasteiger partial charge in [-0.3, -0.25) is 14.5 Å². The minimum Gasteiger partial charge on any atom is -0.368 e. The Morgan fingerprint density at radius 2 is 2.17 bits per heavy atom. The zero-order chi connectivity index (χ0) is 17.3. The summed E-state index contributed by atoms with van der Waals surface area (Å²) >= 11 is 0. The third kappa shape index (κ3) is 3.21. The molecular formula is C17H24N5O2. The van der Waals surface area contributed by atoms with Crippen molar-refractivity contribution >= 4 is 17.6 Å². The van der Waals surface area contributed by atoms with Crippen molar-refractivity contribution in [2.24, 2.45) is 11.7 Å². The van der Waals surface area contributed by atoms with E-state index in [1.165, 1.54) is 0 Å². The molecule has 0 aromatic carbocycles. The third-order valence-electron chi connectivity index (χ3n) is 4.97. The SMILES string of the molecule is CC1CC(C(N)=O)N(c2[c]cccn2)C(N2CCN(C)C(=O)C2)C1. The highest BCUT2D eigenvalue weighted by Gasteiger charge is 2.42. The molecular weight excluding hydrogens is 306 g/mol. The number of nitrogens with zero attached hydrogens (tertiary/aromatic N) is 4. The van der Waals surface area contributed by atoms with Crippen molar-refractivity contribution in [1.82, 2.24) is 14.8 Å². The smallest absolute Gasteiger partial charge is 0.240 e. The Labute approximate surface area is 142 Å². The molecule has 1 aromatic heterocycles. The largest absolute Gasteiger partial charge is 0.368 e. The predicted octanol–water partition coefficient (Wildman–Crippen LogP) is 0.0721. The average Bonchev–Trinajstić information content (AvgIpc) is 2.57. The van der Waals surface area contributed by atoms with Crippen molar-refractivity contribution in [2.45, 2.75) is 32.0 Å². The quantitative estimate of drug-likeness (QED) is 0.848. The van der Waals surface area contributed by atoms with Crippen LogP contribution in [0.2, 0.25) is 0 Å². The van der Waals surface area contributed by atoms with E-state index in [9.17, 15) is 9.59 Å². The molecule has 24 heavy (non-hydrogen) atoms. The molecule has 129 valence electrons. The number of pyridine rings is 1. The molecule has 7 nitrogen and oxygen atoms in total. The molecule has 0 aliphatic carbocycles. The Morgan fingerprint density at radius 3 is 2.79 bits per heavy atom. The van der Waals surface area contributed by atoms with Crippen LogP contribution < -0.4 is 10.6 Å². The maximum Gasteiger partial charge on any atom is 0.240 e. The van der Waals surface area contributed by atoms with E-state index in [-0.39, 0.29) is 18.0 Å². The molecule has 2 fully saturated rings. The van der Waals surface area contributed by atoms with E-state index in [0.717, 1.165) is 13.0 Å². The number of primary amides is 1. The summed E-state index contributed by atoms with van der Waals surface area (Å²) in [6.07, 6.45) is 3.17. The van der Waals surface area contributed by atoms with Crippen LogP contribution in [0.25, 0.3) is 0 Å². The second-order valence-corrected chi connectivity index (χ2v) is 6.77. The Balaban J connectivity index is 1.93. The number of carbonyl (C=O) groups excluding carboxylic acids is 2. The van der Waals surface area contributed by atoms with Crippen molar-refractivity contribution in [1.29, 1.82) is 0 Å². The Kier molecular flexibility index (Phi) is 4.71. The van der Waals surface area contributed by atoms with E-state index in [4.69, 9.17) is 5.73 Å². The van der Waals surface area contributed by atoms with Crippen LogP contribution >= 0.6 is 0 Å². The summed E-state index contributed by atoms with van der Waals surface area (Å²) < 4.78 is 0. The van der Waals surface area contributed by atoms with Gasteiger partial charge in [0, 0.05) is 32.4 Å². The van der Waals surface area contributed by atoms with Gasteiger partial charge in [0.25, 0.3) is 0 Å². The fourth-order valence-electron chi connectivity index (χ4n) is 3.63. The fourth-order valence-corrected chi connectivity index (χ4v) is 3.63. The molecule has 2 amide bonds. The van der Waals surface area contributed by atoms with Gasteiger partial charge in [-0.25, -0.2) is 4.98 Å². The van der Waals surface area contributed by atoms with Crippen LogP contribution in [0, 0.1) is 12.0 Å². The number of hydrogen-bond acceptors (Lipinski definition) is 5. The van der Waals surface area contributed by atoms with E-state index < -0.39 is 6.04 Å². The average molecular weight is 330 g/mol. The Hall–Kier alpha value is -2.15. The number of aromatic nitrogens is 1. The van der Waals surface area contributed by atoms with Crippen LogP contribution in [-0.4, -0.2) is 65.5 Å². The lowest BCUT2D eigenvalue weighted by Crippen LogP contribution is -2.64. The first-order chi connectivity index (χ1) is 11.5. The van der Waals surface area contributed by atoms with Gasteiger partial charge >= 0.3 is 0 Å². The summed E-state index contributed by atoms with van der Waals surface area (Å²) in [7, 11) is 1.82. The van der Waals surface area contributed by atoms with Crippen LogP contribution in [-0.2, 0) is 9.59 Å². The van der Waals surface area contributed by atoms with Crippen molar-refractivity contribution < 1.29 is 9.59 Å². The molecule has 0 saturated carbocycles. The molecule has 2 saturated heterocycles. The monoisotopic (exact) mass is 330 g/mol. The number of hydrogen-bond donors (Lipinski definition) is 1. The number of nitrogens with two attached hydrogens (primary N) is 1. The van der Waals surface area contributed by atoms with E-state index in [1.54, 1.807) is 23.2 Å². The van der Waals surface area contributed by atoms with Gasteiger partial charge in [-0.15, -0.1) is 0 Å². The van der Waals surface area contributed by atoms with Crippen LogP contribution in [0.15, 0.2) is 18.3 Å². The first-order valence-corrected chi connectivity index (χ1v) is 8.35. The van der Waals surface area contributed by atoms with E-state index in [1.807, 2.05) is 11.9 Å². The van der Waals surface area contributed by atoms with Gasteiger partial charge in [-0.05, 0) is 30.9 Å². The van der Waals surface area contributed by atoms with Crippen molar-refractivity contribution in [3.63, 3.8) is 0 Å². The number of rotatable bonds is 3. The Morgan fingerprint density at radius 1 is 1.38 bits per heavy atom. The summed E-state index contributed by atoms with van der Waals surface area (Å²) in [5.41, 5.74) is 5.68. The standard InChI is InChI=1S/C17H24N5O2/c1-12-9-13(17(18)24)22(14-5-3-4-6-19-14)15(10-12)21-8-7-20(2)16(23)11-21/h3-4,6,12-13,15H,7-11H2,1-2H3,(H2,18,24). The molecule has 1 aromatic rings. The molecule has 2 N–H and O–H groups in total. The van der Waals surface area contributed by atoms with Gasteiger partial charge in [0.05, 0.1) is 12.7 Å². The maximum atomic E-state index is 12.1. The van der Waals surface area contributed by atoms with Gasteiger partial charge in [0.2, 0.25) is 11.8 Å². The summed E-state index contributed by atoms with van der Waals surface area (Å²) in [6, 6.07) is 6.26. The Bertz CT molecular complexity index is 608. The summed E-state index contributed by atoms with van der Waals surface area (Å²) in [6.45, 7) is 3.93. The number of carbonyl (C=O) groups is 2. The minimum atomic E-state index is -0.431. The number of anilines is 1. The lowest BCUT2D eigenvalue weighted by Gasteiger charge is -2.49. The summed E-state index contributed by atoms with van der Waals surface area (Å²) in [4.78, 5) is 34.4. The molecule has 3 rings (SSSR count). The second-order valence-electron chi connectivity index (χ2n) is 6.77. The van der Waals surface area contributed by atoms with E-state index in [0.29, 0.717) is 31.2 Å². The molecule has 1 radical (unpaired) electrons. The van der Waals surface area contributed by atoms with Crippen LogP contribution in [0.3, 0.4) is 0 Å². The lowest BCUT2D eigenvalue weighted by atomic mass is 9.89. The number of piperazine rings is 1. The summed E-state index contributed by atoms with van der Waals surface area (Å²) in [5, 5.41) is 0. The second kappa shape index (κ2) is 6.76. The molecule has 3 atom stereocenters. The lowest BCUT2D eigenvalue weighted by molar-refractivity contribution is -0.136. The van der Waals surface area contributed by atoms with Gasteiger partial charge in [-0.1, -0.05) is 6.92 Å². The molecule has 7 heteroatoms. The van der Waals surface area contributed by atoms with Gasteiger partial charge in [-0.2, -0.15) is 0 Å². The van der Waals surface area contributed by atoms with Crippen molar-refractivity contribution in [3.05, 3.63) is 24.4 Å². The van der Waals surface area contributed by atoms with Crippen LogP contribution in [0.1, 0.15) is 19.8 Å². The van der Waals surface area contributed by atoms with Gasteiger partial charge < -0.3 is 15.5 Å². The van der Waals surface area contributed by atoms with Gasteiger partial charge in [0.1, 0.15) is 11.9 Å². The van der Waals surface area contributed by atoms with Crippen molar-refractivity contribution in [3.8, 4) is 0 Å².